The number of hydrogen-bond donors (Lipinski definition) is 1. The molecule has 0 spiro atoms. The highest BCUT2D eigenvalue weighted by Gasteiger charge is 2.25. The minimum absolute atomic E-state index is 0.0977. The summed E-state index contributed by atoms with van der Waals surface area (Å²) in [4.78, 5) is 11.5. The molecule has 1 N–H and O–H groups in total. The van der Waals surface area contributed by atoms with Gasteiger partial charge in [-0.05, 0) is 31.2 Å². The van der Waals surface area contributed by atoms with Gasteiger partial charge < -0.3 is 0 Å². The second kappa shape index (κ2) is 8.79. The molecule has 1 aromatic heterocycles. The predicted molar refractivity (Wildman–Crippen MR) is 108 cm³/mol. The van der Waals surface area contributed by atoms with Crippen LogP contribution < -0.4 is 5.43 Å². The van der Waals surface area contributed by atoms with E-state index >= 15 is 0 Å². The van der Waals surface area contributed by atoms with Crippen LogP contribution in [0.4, 0.5) is 11.4 Å². The number of rotatable bonds is 8. The first kappa shape index (κ1) is 21.3. The Morgan fingerprint density at radius 1 is 1.30 bits per heavy atom. The number of hydrogen-bond acceptors (Lipinski definition) is 7. The van der Waals surface area contributed by atoms with Crippen molar-refractivity contribution in [2.75, 3.05) is 18.5 Å². The topological polar surface area (TPSA) is 105 Å². The summed E-state index contributed by atoms with van der Waals surface area (Å²) in [6, 6.07) is 7.24. The first-order valence-electron chi connectivity index (χ1n) is 8.05. The van der Waals surface area contributed by atoms with Crippen molar-refractivity contribution < 1.29 is 13.3 Å². The van der Waals surface area contributed by atoms with E-state index < -0.39 is 14.9 Å². The number of thiophene rings is 1. The van der Waals surface area contributed by atoms with Gasteiger partial charge in [0.05, 0.1) is 24.7 Å². The fraction of sp³-hybridized carbons (Fsp3) is 0.312. The van der Waals surface area contributed by atoms with Gasteiger partial charge in [0.2, 0.25) is 10.0 Å². The van der Waals surface area contributed by atoms with Gasteiger partial charge in [-0.3, -0.25) is 15.5 Å². The Labute approximate surface area is 166 Å². The van der Waals surface area contributed by atoms with Gasteiger partial charge in [0.1, 0.15) is 5.69 Å². The Kier molecular flexibility index (Phi) is 6.93. The zero-order chi connectivity index (χ0) is 20.2. The fourth-order valence-corrected chi connectivity index (χ4v) is 4.80. The van der Waals surface area contributed by atoms with Crippen molar-refractivity contribution in [1.29, 1.82) is 0 Å². The second-order valence-corrected chi connectivity index (χ2v) is 9.09. The van der Waals surface area contributed by atoms with E-state index in [0.717, 1.165) is 10.9 Å². The van der Waals surface area contributed by atoms with Crippen molar-refractivity contribution in [2.45, 2.75) is 25.7 Å². The number of nitrogens with one attached hydrogen (secondary N) is 1. The third-order valence-electron chi connectivity index (χ3n) is 3.78. The number of sulfonamides is 1. The minimum atomic E-state index is -3.79. The molecule has 11 heteroatoms. The maximum Gasteiger partial charge on any atom is 0.295 e. The molecule has 0 aliphatic heterocycles. The van der Waals surface area contributed by atoms with Crippen LogP contribution in [0.1, 0.15) is 25.6 Å². The van der Waals surface area contributed by atoms with Crippen molar-refractivity contribution in [1.82, 2.24) is 4.31 Å². The lowest BCUT2D eigenvalue weighted by Crippen LogP contribution is -2.30. The average Bonchev–Trinajstić information content (AvgIpc) is 3.06. The summed E-state index contributed by atoms with van der Waals surface area (Å²) in [5.41, 5.74) is 2.96. The van der Waals surface area contributed by atoms with E-state index in [-0.39, 0.29) is 29.4 Å². The first-order valence-corrected chi connectivity index (χ1v) is 10.7. The van der Waals surface area contributed by atoms with Crippen LogP contribution in [0.25, 0.3) is 0 Å². The van der Waals surface area contributed by atoms with E-state index in [1.807, 2.05) is 0 Å². The molecule has 1 heterocycles. The Morgan fingerprint density at radius 3 is 2.48 bits per heavy atom. The van der Waals surface area contributed by atoms with Crippen molar-refractivity contribution in [3.05, 3.63) is 49.7 Å². The molecular weight excluding hydrogens is 412 g/mol. The van der Waals surface area contributed by atoms with Gasteiger partial charge in [0.15, 0.2) is 0 Å². The molecule has 8 nitrogen and oxygen atoms in total. The van der Waals surface area contributed by atoms with Gasteiger partial charge in [-0.2, -0.15) is 9.41 Å². The van der Waals surface area contributed by atoms with Gasteiger partial charge in [0.25, 0.3) is 5.69 Å². The fourth-order valence-electron chi connectivity index (χ4n) is 2.34. The summed E-state index contributed by atoms with van der Waals surface area (Å²) >= 11 is 7.22. The maximum atomic E-state index is 12.6. The molecule has 0 radical (unpaired) electrons. The Balaban J connectivity index is 2.37. The molecule has 0 aliphatic carbocycles. The number of hydrazone groups is 1. The van der Waals surface area contributed by atoms with Crippen LogP contribution >= 0.6 is 22.9 Å². The van der Waals surface area contributed by atoms with Crippen LogP contribution in [0, 0.1) is 10.1 Å². The Hall–Kier alpha value is -2.01. The third kappa shape index (κ3) is 4.83. The normalized spacial score (nSPS) is 12.4. The summed E-state index contributed by atoms with van der Waals surface area (Å²) in [6.07, 6.45) is 0. The summed E-state index contributed by atoms with van der Waals surface area (Å²) in [7, 11) is -3.79. The molecule has 0 saturated carbocycles. The lowest BCUT2D eigenvalue weighted by Gasteiger charge is -2.18. The zero-order valence-electron chi connectivity index (χ0n) is 15.0. The quantitative estimate of drug-likeness (QED) is 0.384. The Morgan fingerprint density at radius 2 is 1.96 bits per heavy atom. The highest BCUT2D eigenvalue weighted by molar-refractivity contribution is 7.89. The van der Waals surface area contributed by atoms with E-state index in [4.69, 9.17) is 11.6 Å². The summed E-state index contributed by atoms with van der Waals surface area (Å²) in [5, 5.41) is 15.6. The first-order chi connectivity index (χ1) is 12.7. The molecule has 0 amide bonds. The monoisotopic (exact) mass is 430 g/mol. The molecule has 2 rings (SSSR count). The summed E-state index contributed by atoms with van der Waals surface area (Å²) < 4.78 is 27.0. The lowest BCUT2D eigenvalue weighted by molar-refractivity contribution is -0.384. The third-order valence-corrected chi connectivity index (χ3v) is 7.17. The molecule has 0 atom stereocenters. The molecule has 27 heavy (non-hydrogen) atoms. The molecular formula is C16H19ClN4O4S2. The van der Waals surface area contributed by atoms with Crippen LogP contribution in [0.15, 0.2) is 40.3 Å². The van der Waals surface area contributed by atoms with Crippen LogP contribution in [-0.2, 0) is 10.0 Å². The largest absolute Gasteiger partial charge is 0.295 e. The van der Waals surface area contributed by atoms with E-state index in [1.165, 1.54) is 27.8 Å². The average molecular weight is 431 g/mol. The SMILES string of the molecule is CCN(CC)S(=O)(=O)c1ccc(N/N=C(\C)c2ccc(Cl)s2)c([N+](=O)[O-])c1. The van der Waals surface area contributed by atoms with Crippen molar-refractivity contribution in [3.63, 3.8) is 0 Å². The number of nitro benzene ring substituents is 1. The standard InChI is InChI=1S/C16H19ClN4O4S2/c1-4-20(5-2)27(24,25)12-6-7-13(14(10-12)21(22)23)19-18-11(3)15-8-9-16(17)26-15/h6-10,19H,4-5H2,1-3H3/b18-11+. The van der Waals surface area contributed by atoms with Crippen molar-refractivity contribution >= 4 is 50.0 Å². The zero-order valence-corrected chi connectivity index (χ0v) is 17.4. The molecule has 0 saturated heterocycles. The lowest BCUT2D eigenvalue weighted by atomic mass is 10.3. The number of nitrogens with zero attached hydrogens (tertiary/aromatic N) is 3. The maximum absolute atomic E-state index is 12.6. The van der Waals surface area contributed by atoms with Crippen LogP contribution in [-0.4, -0.2) is 36.4 Å². The van der Waals surface area contributed by atoms with Gasteiger partial charge >= 0.3 is 0 Å². The molecule has 0 unspecified atom stereocenters. The van der Waals surface area contributed by atoms with Gasteiger partial charge in [0, 0.05) is 19.2 Å². The molecule has 1 aromatic carbocycles. The van der Waals surface area contributed by atoms with Gasteiger partial charge in [-0.25, -0.2) is 8.42 Å². The van der Waals surface area contributed by atoms with Crippen LogP contribution in [0.5, 0.6) is 0 Å². The number of halogens is 1. The van der Waals surface area contributed by atoms with Gasteiger partial charge in [-0.1, -0.05) is 25.4 Å². The van der Waals surface area contributed by atoms with Crippen molar-refractivity contribution in [2.24, 2.45) is 5.10 Å². The van der Waals surface area contributed by atoms with E-state index in [1.54, 1.807) is 32.9 Å². The van der Waals surface area contributed by atoms with E-state index in [9.17, 15) is 18.5 Å². The van der Waals surface area contributed by atoms with E-state index in [2.05, 4.69) is 10.5 Å². The molecule has 146 valence electrons. The van der Waals surface area contributed by atoms with Crippen molar-refractivity contribution in [3.8, 4) is 0 Å². The summed E-state index contributed by atoms with van der Waals surface area (Å²) in [5.74, 6) is 0. The molecule has 0 aliphatic rings. The molecule has 0 fully saturated rings. The number of benzene rings is 1. The van der Waals surface area contributed by atoms with Gasteiger partial charge in [-0.15, -0.1) is 11.3 Å². The second-order valence-electron chi connectivity index (χ2n) is 5.44. The molecule has 2 aromatic rings. The van der Waals surface area contributed by atoms with E-state index in [0.29, 0.717) is 10.0 Å². The number of anilines is 1. The highest BCUT2D eigenvalue weighted by atomic mass is 35.5. The molecule has 0 bridgehead atoms. The smallest absolute Gasteiger partial charge is 0.271 e. The van der Waals surface area contributed by atoms with Crippen LogP contribution in [0.3, 0.4) is 0 Å². The minimum Gasteiger partial charge on any atom is -0.271 e. The predicted octanol–water partition coefficient (Wildman–Crippen LogP) is 4.18. The van der Waals surface area contributed by atoms with Crippen LogP contribution in [0.2, 0.25) is 4.34 Å². The highest BCUT2D eigenvalue weighted by Crippen LogP contribution is 2.29. The number of nitro groups is 1. The Bertz CT molecular complexity index is 969. The summed E-state index contributed by atoms with van der Waals surface area (Å²) in [6.45, 7) is 5.71.